The third kappa shape index (κ3) is 6.78. The van der Waals surface area contributed by atoms with Crippen LogP contribution in [0.25, 0.3) is 0 Å². The molecule has 3 atom stereocenters. The zero-order chi connectivity index (χ0) is 21.2. The number of guanidine groups is 1. The number of aliphatic imine (C=N–C) groups is 1. The number of rotatable bonds is 9. The molecule has 2 rings (SSSR count). The van der Waals surface area contributed by atoms with Crippen LogP contribution in [0, 0.1) is 0 Å². The minimum Gasteiger partial charge on any atom is -0.490 e. The standard InChI is InChI=1S/C22H38N4O3/c1-7-28-20-10-9-19(13-21(20)29-8-2)18(5)25-22(23-6)24-14-16(3)26-11-12-27-15-17(26)4/h9-10,13,16-18H,7-8,11-12,14-15H2,1-6H3,(H2,23,24,25). The first-order valence-corrected chi connectivity index (χ1v) is 10.7. The van der Waals surface area contributed by atoms with Crippen LogP contribution < -0.4 is 20.1 Å². The first-order chi connectivity index (χ1) is 14.0. The second-order valence-corrected chi connectivity index (χ2v) is 7.40. The van der Waals surface area contributed by atoms with E-state index >= 15 is 0 Å². The number of hydrogen-bond donors (Lipinski definition) is 2. The highest BCUT2D eigenvalue weighted by Gasteiger charge is 2.23. The Kier molecular flexibility index (Phi) is 9.54. The maximum absolute atomic E-state index is 5.75. The molecule has 0 aromatic heterocycles. The molecular formula is C22H38N4O3. The molecule has 0 radical (unpaired) electrons. The van der Waals surface area contributed by atoms with E-state index < -0.39 is 0 Å². The van der Waals surface area contributed by atoms with E-state index in [1.165, 1.54) is 0 Å². The molecule has 2 N–H and O–H groups in total. The molecule has 0 spiro atoms. The Balaban J connectivity index is 1.95. The van der Waals surface area contributed by atoms with Crippen molar-refractivity contribution in [1.82, 2.24) is 15.5 Å². The average molecular weight is 407 g/mol. The summed E-state index contributed by atoms with van der Waals surface area (Å²) in [5, 5.41) is 6.93. The Morgan fingerprint density at radius 1 is 1.24 bits per heavy atom. The van der Waals surface area contributed by atoms with E-state index in [2.05, 4.69) is 47.4 Å². The summed E-state index contributed by atoms with van der Waals surface area (Å²) in [4.78, 5) is 6.87. The fourth-order valence-electron chi connectivity index (χ4n) is 3.58. The van der Waals surface area contributed by atoms with Gasteiger partial charge in [0.25, 0.3) is 0 Å². The van der Waals surface area contributed by atoms with Crippen LogP contribution in [-0.4, -0.2) is 69.5 Å². The molecule has 1 saturated heterocycles. The summed E-state index contributed by atoms with van der Waals surface area (Å²) in [6, 6.07) is 7.00. The van der Waals surface area contributed by atoms with Gasteiger partial charge in [-0.1, -0.05) is 6.07 Å². The lowest BCUT2D eigenvalue weighted by Gasteiger charge is -2.38. The highest BCUT2D eigenvalue weighted by molar-refractivity contribution is 5.80. The zero-order valence-corrected chi connectivity index (χ0v) is 18.8. The lowest BCUT2D eigenvalue weighted by atomic mass is 10.1. The number of morpholine rings is 1. The fraction of sp³-hybridized carbons (Fsp3) is 0.682. The van der Waals surface area contributed by atoms with Crippen molar-refractivity contribution in [1.29, 1.82) is 0 Å². The van der Waals surface area contributed by atoms with Crippen LogP contribution >= 0.6 is 0 Å². The van der Waals surface area contributed by atoms with Gasteiger partial charge >= 0.3 is 0 Å². The monoisotopic (exact) mass is 406 g/mol. The first-order valence-electron chi connectivity index (χ1n) is 10.7. The molecule has 1 aliphatic rings. The summed E-state index contributed by atoms with van der Waals surface area (Å²) in [5.74, 6) is 2.34. The molecule has 0 saturated carbocycles. The van der Waals surface area contributed by atoms with Crippen LogP contribution in [0.2, 0.25) is 0 Å². The molecule has 164 valence electrons. The van der Waals surface area contributed by atoms with Crippen LogP contribution in [0.4, 0.5) is 0 Å². The van der Waals surface area contributed by atoms with Crippen molar-refractivity contribution in [2.45, 2.75) is 52.7 Å². The molecule has 29 heavy (non-hydrogen) atoms. The van der Waals surface area contributed by atoms with Crippen molar-refractivity contribution in [3.63, 3.8) is 0 Å². The molecule has 7 nitrogen and oxygen atoms in total. The molecule has 3 unspecified atom stereocenters. The second kappa shape index (κ2) is 11.9. The summed E-state index contributed by atoms with van der Waals surface area (Å²) in [7, 11) is 1.80. The molecule has 1 aromatic carbocycles. The number of benzene rings is 1. The topological polar surface area (TPSA) is 67.4 Å². The van der Waals surface area contributed by atoms with Gasteiger partial charge in [-0.15, -0.1) is 0 Å². The normalized spacial score (nSPS) is 20.1. The molecule has 0 aliphatic carbocycles. The van der Waals surface area contributed by atoms with E-state index in [1.807, 2.05) is 26.0 Å². The van der Waals surface area contributed by atoms with Crippen LogP contribution in [0.15, 0.2) is 23.2 Å². The Morgan fingerprint density at radius 2 is 1.97 bits per heavy atom. The minimum atomic E-state index is 0.0775. The van der Waals surface area contributed by atoms with E-state index in [1.54, 1.807) is 7.05 Å². The predicted octanol–water partition coefficient (Wildman–Crippen LogP) is 2.82. The minimum absolute atomic E-state index is 0.0775. The van der Waals surface area contributed by atoms with Gasteiger partial charge in [-0.2, -0.15) is 0 Å². The molecule has 7 heteroatoms. The fourth-order valence-corrected chi connectivity index (χ4v) is 3.58. The van der Waals surface area contributed by atoms with Crippen LogP contribution in [0.3, 0.4) is 0 Å². The number of nitrogens with one attached hydrogen (secondary N) is 2. The lowest BCUT2D eigenvalue weighted by Crippen LogP contribution is -2.53. The summed E-state index contributed by atoms with van der Waals surface area (Å²) < 4.78 is 17.0. The quantitative estimate of drug-likeness (QED) is 0.486. The summed E-state index contributed by atoms with van der Waals surface area (Å²) in [6.07, 6.45) is 0. The maximum atomic E-state index is 5.75. The predicted molar refractivity (Wildman–Crippen MR) is 118 cm³/mol. The van der Waals surface area contributed by atoms with Crippen molar-refractivity contribution < 1.29 is 14.2 Å². The van der Waals surface area contributed by atoms with Gasteiger partial charge in [0.2, 0.25) is 0 Å². The van der Waals surface area contributed by atoms with Crippen LogP contribution in [0.5, 0.6) is 11.5 Å². The van der Waals surface area contributed by atoms with Crippen molar-refractivity contribution in [2.75, 3.05) is 46.6 Å². The largest absolute Gasteiger partial charge is 0.490 e. The Morgan fingerprint density at radius 3 is 2.62 bits per heavy atom. The highest BCUT2D eigenvalue weighted by atomic mass is 16.5. The van der Waals surface area contributed by atoms with Crippen molar-refractivity contribution in [3.05, 3.63) is 23.8 Å². The van der Waals surface area contributed by atoms with Crippen molar-refractivity contribution in [2.24, 2.45) is 4.99 Å². The first kappa shape index (κ1) is 23.3. The summed E-state index contributed by atoms with van der Waals surface area (Å²) in [5.41, 5.74) is 1.12. The van der Waals surface area contributed by atoms with Crippen LogP contribution in [0.1, 0.15) is 46.2 Å². The third-order valence-corrected chi connectivity index (χ3v) is 5.19. The number of ether oxygens (including phenoxy) is 3. The van der Waals surface area contributed by atoms with Gasteiger partial charge in [0.05, 0.1) is 32.5 Å². The van der Waals surface area contributed by atoms with Gasteiger partial charge < -0.3 is 24.8 Å². The van der Waals surface area contributed by atoms with E-state index in [9.17, 15) is 0 Å². The molecule has 1 heterocycles. The SMILES string of the molecule is CCOc1ccc(C(C)NC(=NC)NCC(C)N2CCOCC2C)cc1OCC. The molecule has 1 aliphatic heterocycles. The van der Waals surface area contributed by atoms with E-state index in [0.29, 0.717) is 25.3 Å². The van der Waals surface area contributed by atoms with Gasteiger partial charge in [-0.3, -0.25) is 9.89 Å². The maximum Gasteiger partial charge on any atom is 0.191 e. The molecule has 1 aromatic rings. The molecule has 0 bridgehead atoms. The van der Waals surface area contributed by atoms with Crippen molar-refractivity contribution >= 4 is 5.96 Å². The number of nitrogens with zero attached hydrogens (tertiary/aromatic N) is 2. The van der Waals surface area contributed by atoms with Gasteiger partial charge in [0, 0.05) is 32.2 Å². The van der Waals surface area contributed by atoms with Gasteiger partial charge in [0.1, 0.15) is 0 Å². The van der Waals surface area contributed by atoms with Gasteiger partial charge in [0.15, 0.2) is 17.5 Å². The summed E-state index contributed by atoms with van der Waals surface area (Å²) >= 11 is 0. The molecule has 1 fully saturated rings. The summed E-state index contributed by atoms with van der Waals surface area (Å²) in [6.45, 7) is 15.1. The van der Waals surface area contributed by atoms with Gasteiger partial charge in [-0.05, 0) is 52.3 Å². The third-order valence-electron chi connectivity index (χ3n) is 5.19. The van der Waals surface area contributed by atoms with E-state index in [0.717, 1.165) is 49.3 Å². The van der Waals surface area contributed by atoms with Crippen molar-refractivity contribution in [3.8, 4) is 11.5 Å². The average Bonchev–Trinajstić information content (AvgIpc) is 2.72. The van der Waals surface area contributed by atoms with E-state index in [4.69, 9.17) is 14.2 Å². The van der Waals surface area contributed by atoms with E-state index in [-0.39, 0.29) is 6.04 Å². The molecular weight excluding hydrogens is 368 g/mol. The Bertz CT molecular complexity index is 653. The van der Waals surface area contributed by atoms with Crippen LogP contribution in [-0.2, 0) is 4.74 Å². The smallest absolute Gasteiger partial charge is 0.191 e. The Hall–Kier alpha value is -1.99. The highest BCUT2D eigenvalue weighted by Crippen LogP contribution is 2.30. The zero-order valence-electron chi connectivity index (χ0n) is 18.8. The number of hydrogen-bond acceptors (Lipinski definition) is 5. The van der Waals surface area contributed by atoms with Gasteiger partial charge in [-0.25, -0.2) is 0 Å². The molecule has 0 amide bonds. The Labute approximate surface area is 175 Å². The second-order valence-electron chi connectivity index (χ2n) is 7.40. The lowest BCUT2D eigenvalue weighted by molar-refractivity contribution is -0.0174.